The van der Waals surface area contributed by atoms with E-state index < -0.39 is 5.97 Å². The van der Waals surface area contributed by atoms with Gasteiger partial charge in [0.25, 0.3) is 11.7 Å². The second-order valence-corrected chi connectivity index (χ2v) is 4.57. The van der Waals surface area contributed by atoms with Gasteiger partial charge in [0.2, 0.25) is 0 Å². The van der Waals surface area contributed by atoms with Gasteiger partial charge in [0.05, 0.1) is 13.2 Å². The Balaban J connectivity index is 1.94. The molecule has 0 radical (unpaired) electrons. The quantitative estimate of drug-likeness (QED) is 0.191. The van der Waals surface area contributed by atoms with Gasteiger partial charge in [-0.1, -0.05) is 17.3 Å². The molecule has 10 nitrogen and oxygen atoms in total. The number of hydrogen-bond donors (Lipinski definition) is 4. The van der Waals surface area contributed by atoms with Crippen LogP contribution in [0.5, 0.6) is 0 Å². The molecule has 2 rings (SSSR count). The van der Waals surface area contributed by atoms with Crippen LogP contribution in [0.25, 0.3) is 0 Å². The first-order valence-electron chi connectivity index (χ1n) is 6.99. The summed E-state index contributed by atoms with van der Waals surface area (Å²) in [5, 5.41) is 20.3. The molecular weight excluding hydrogens is 316 g/mol. The molecule has 0 saturated carbocycles. The van der Waals surface area contributed by atoms with Crippen LogP contribution >= 0.6 is 0 Å². The summed E-state index contributed by atoms with van der Waals surface area (Å²) in [5.41, 5.74) is 6.32. The van der Waals surface area contributed by atoms with Crippen molar-refractivity contribution >= 4 is 17.7 Å². The summed E-state index contributed by atoms with van der Waals surface area (Å²) >= 11 is 0. The third kappa shape index (κ3) is 4.06. The van der Waals surface area contributed by atoms with Crippen LogP contribution in [0.15, 0.2) is 29.4 Å². The molecule has 0 aliphatic carbocycles. The van der Waals surface area contributed by atoms with Gasteiger partial charge >= 0.3 is 5.97 Å². The standard InChI is InChI=1S/C14H16N6O4/c1-2-24-14(22)12-17-10(18-19-12)7-16-13(21)9-5-3-8(4-6-9)11(15)20-23/h3-6,23H,2,7H2,1H3,(H2,15,20)(H,16,21)(H,17,18,19). The molecule has 5 N–H and O–H groups in total. The Bertz CT molecular complexity index is 753. The molecule has 0 bridgehead atoms. The summed E-state index contributed by atoms with van der Waals surface area (Å²) in [5.74, 6) is -0.806. The zero-order valence-corrected chi connectivity index (χ0v) is 12.8. The van der Waals surface area contributed by atoms with Crippen LogP contribution in [0.4, 0.5) is 0 Å². The van der Waals surface area contributed by atoms with Gasteiger partial charge in [-0.15, -0.1) is 5.10 Å². The Morgan fingerprint density at radius 2 is 2.00 bits per heavy atom. The third-order valence-corrected chi connectivity index (χ3v) is 2.96. The van der Waals surface area contributed by atoms with Crippen LogP contribution in [0.2, 0.25) is 0 Å². The van der Waals surface area contributed by atoms with E-state index in [9.17, 15) is 9.59 Å². The number of nitrogens with one attached hydrogen (secondary N) is 2. The first-order valence-corrected chi connectivity index (χ1v) is 6.99. The number of ether oxygens (including phenoxy) is 1. The average Bonchev–Trinajstić information content (AvgIpc) is 3.08. The van der Waals surface area contributed by atoms with Gasteiger partial charge < -0.3 is 21.0 Å². The van der Waals surface area contributed by atoms with Crippen molar-refractivity contribution in [2.45, 2.75) is 13.5 Å². The van der Waals surface area contributed by atoms with Gasteiger partial charge in [0, 0.05) is 11.1 Å². The topological polar surface area (TPSA) is 156 Å². The molecule has 1 aromatic carbocycles. The highest BCUT2D eigenvalue weighted by molar-refractivity contribution is 5.99. The maximum atomic E-state index is 12.0. The number of carbonyl (C=O) groups excluding carboxylic acids is 2. The fourth-order valence-corrected chi connectivity index (χ4v) is 1.78. The molecule has 1 heterocycles. The number of amides is 1. The van der Waals surface area contributed by atoms with Crippen molar-refractivity contribution in [3.05, 3.63) is 47.0 Å². The van der Waals surface area contributed by atoms with E-state index in [1.807, 2.05) is 0 Å². The molecule has 1 amide bonds. The van der Waals surface area contributed by atoms with Crippen molar-refractivity contribution in [1.82, 2.24) is 20.5 Å². The van der Waals surface area contributed by atoms with Crippen molar-refractivity contribution in [2.75, 3.05) is 6.61 Å². The number of H-pyrrole nitrogens is 1. The molecule has 0 saturated heterocycles. The lowest BCUT2D eigenvalue weighted by Crippen LogP contribution is -2.23. The molecule has 0 unspecified atom stereocenters. The lowest BCUT2D eigenvalue weighted by Gasteiger charge is -2.04. The van der Waals surface area contributed by atoms with E-state index in [-0.39, 0.29) is 30.7 Å². The summed E-state index contributed by atoms with van der Waals surface area (Å²) < 4.78 is 4.77. The van der Waals surface area contributed by atoms with Gasteiger partial charge in [0.1, 0.15) is 5.82 Å². The summed E-state index contributed by atoms with van der Waals surface area (Å²) in [6, 6.07) is 6.18. The van der Waals surface area contributed by atoms with Crippen LogP contribution in [-0.4, -0.2) is 44.7 Å². The number of aromatic amines is 1. The molecule has 0 fully saturated rings. The number of rotatable bonds is 6. The largest absolute Gasteiger partial charge is 0.460 e. The summed E-state index contributed by atoms with van der Waals surface area (Å²) in [7, 11) is 0. The Hall–Kier alpha value is -3.43. The first-order chi connectivity index (χ1) is 11.5. The highest BCUT2D eigenvalue weighted by atomic mass is 16.5. The monoisotopic (exact) mass is 332 g/mol. The Morgan fingerprint density at radius 1 is 1.33 bits per heavy atom. The molecule has 10 heteroatoms. The minimum atomic E-state index is -0.634. The first kappa shape index (κ1) is 16.9. The maximum Gasteiger partial charge on any atom is 0.378 e. The molecule has 0 atom stereocenters. The van der Waals surface area contributed by atoms with E-state index in [0.717, 1.165) is 0 Å². The number of aromatic nitrogens is 3. The lowest BCUT2D eigenvalue weighted by atomic mass is 10.1. The molecule has 1 aromatic heterocycles. The Kier molecular flexibility index (Phi) is 5.45. The summed E-state index contributed by atoms with van der Waals surface area (Å²) in [4.78, 5) is 27.4. The molecule has 0 aliphatic heterocycles. The summed E-state index contributed by atoms with van der Waals surface area (Å²) in [6.07, 6.45) is 0. The number of benzene rings is 1. The summed E-state index contributed by atoms with van der Waals surface area (Å²) in [6.45, 7) is 1.96. The van der Waals surface area contributed by atoms with Crippen LogP contribution in [0, 0.1) is 0 Å². The Labute approximate surface area is 136 Å². The number of nitrogens with zero attached hydrogens (tertiary/aromatic N) is 3. The van der Waals surface area contributed by atoms with Gasteiger partial charge in [-0.05, 0) is 19.1 Å². The number of hydrogen-bond acceptors (Lipinski definition) is 7. The number of oxime groups is 1. The number of nitrogens with two attached hydrogens (primary N) is 1. The van der Waals surface area contributed by atoms with Gasteiger partial charge in [0.15, 0.2) is 5.84 Å². The average molecular weight is 332 g/mol. The van der Waals surface area contributed by atoms with Crippen molar-refractivity contribution in [1.29, 1.82) is 0 Å². The van der Waals surface area contributed by atoms with Gasteiger partial charge in [-0.25, -0.2) is 9.78 Å². The van der Waals surface area contributed by atoms with Crippen molar-refractivity contribution in [3.63, 3.8) is 0 Å². The molecule has 24 heavy (non-hydrogen) atoms. The molecule has 2 aromatic rings. The van der Waals surface area contributed by atoms with E-state index >= 15 is 0 Å². The van der Waals surface area contributed by atoms with E-state index in [4.69, 9.17) is 15.7 Å². The number of amidine groups is 1. The van der Waals surface area contributed by atoms with Crippen molar-refractivity contribution < 1.29 is 19.5 Å². The van der Waals surface area contributed by atoms with E-state index in [1.165, 1.54) is 12.1 Å². The SMILES string of the molecule is CCOC(=O)c1n[nH]c(CNC(=O)c2ccc(/C(N)=N/O)cc2)n1. The van der Waals surface area contributed by atoms with Crippen LogP contribution in [-0.2, 0) is 11.3 Å². The van der Waals surface area contributed by atoms with E-state index in [1.54, 1.807) is 19.1 Å². The normalized spacial score (nSPS) is 11.1. The zero-order chi connectivity index (χ0) is 17.5. The molecule has 0 aliphatic rings. The lowest BCUT2D eigenvalue weighted by molar-refractivity contribution is 0.0512. The number of esters is 1. The van der Waals surface area contributed by atoms with Gasteiger partial charge in [-0.2, -0.15) is 0 Å². The predicted molar refractivity (Wildman–Crippen MR) is 82.5 cm³/mol. The van der Waals surface area contributed by atoms with Crippen LogP contribution < -0.4 is 11.1 Å². The highest BCUT2D eigenvalue weighted by Gasteiger charge is 2.14. The number of carbonyl (C=O) groups is 2. The second kappa shape index (κ2) is 7.72. The fraction of sp³-hybridized carbons (Fsp3) is 0.214. The Morgan fingerprint density at radius 3 is 2.62 bits per heavy atom. The van der Waals surface area contributed by atoms with Crippen LogP contribution in [0.1, 0.15) is 39.3 Å². The minimum absolute atomic E-state index is 0.0462. The second-order valence-electron chi connectivity index (χ2n) is 4.57. The smallest absolute Gasteiger partial charge is 0.378 e. The predicted octanol–water partition coefficient (Wildman–Crippen LogP) is 0.00590. The highest BCUT2D eigenvalue weighted by Crippen LogP contribution is 2.05. The maximum absolute atomic E-state index is 12.0. The van der Waals surface area contributed by atoms with E-state index in [2.05, 4.69) is 25.7 Å². The fourth-order valence-electron chi connectivity index (χ4n) is 1.78. The molecular formula is C14H16N6O4. The van der Waals surface area contributed by atoms with Crippen LogP contribution in [0.3, 0.4) is 0 Å². The van der Waals surface area contributed by atoms with Gasteiger partial charge in [-0.3, -0.25) is 9.89 Å². The minimum Gasteiger partial charge on any atom is -0.460 e. The third-order valence-electron chi connectivity index (χ3n) is 2.96. The zero-order valence-electron chi connectivity index (χ0n) is 12.8. The van der Waals surface area contributed by atoms with E-state index in [0.29, 0.717) is 17.0 Å². The molecule has 126 valence electrons. The molecule has 0 spiro atoms. The van der Waals surface area contributed by atoms with Crippen molar-refractivity contribution in [2.24, 2.45) is 10.9 Å². The van der Waals surface area contributed by atoms with Crippen molar-refractivity contribution in [3.8, 4) is 0 Å².